The molecule has 0 spiro atoms. The molecule has 0 amide bonds. The van der Waals surface area contributed by atoms with E-state index in [-0.39, 0.29) is 5.54 Å². The average Bonchev–Trinajstić information content (AvgIpc) is 2.31. The molecule has 0 aliphatic carbocycles. The van der Waals surface area contributed by atoms with Crippen molar-refractivity contribution in [3.8, 4) is 12.3 Å². The third kappa shape index (κ3) is 1.75. The van der Waals surface area contributed by atoms with Crippen LogP contribution in [-0.2, 0) is 0 Å². The lowest BCUT2D eigenvalue weighted by Gasteiger charge is -2.34. The van der Waals surface area contributed by atoms with Crippen molar-refractivity contribution >= 4 is 0 Å². The predicted octanol–water partition coefficient (Wildman–Crippen LogP) is 1.88. The Kier molecular flexibility index (Phi) is 2.25. The van der Waals surface area contributed by atoms with Crippen LogP contribution in [0.15, 0.2) is 0 Å². The van der Waals surface area contributed by atoms with Crippen LogP contribution >= 0.6 is 0 Å². The fourth-order valence-corrected chi connectivity index (χ4v) is 1.74. The molecule has 62 valence electrons. The normalized spacial score (nSPS) is 26.9. The predicted molar refractivity (Wildman–Crippen MR) is 48.3 cm³/mol. The minimum absolute atomic E-state index is 0.244. The zero-order valence-corrected chi connectivity index (χ0v) is 7.72. The quantitative estimate of drug-likeness (QED) is 0.478. The molecule has 1 heteroatoms. The lowest BCUT2D eigenvalue weighted by atomic mass is 10.1. The molecule has 0 bridgehead atoms. The second-order valence-corrected chi connectivity index (χ2v) is 4.19. The molecule has 1 fully saturated rings. The van der Waals surface area contributed by atoms with Crippen molar-refractivity contribution in [3.63, 3.8) is 0 Å². The van der Waals surface area contributed by atoms with E-state index >= 15 is 0 Å². The van der Waals surface area contributed by atoms with Gasteiger partial charge in [0.1, 0.15) is 0 Å². The summed E-state index contributed by atoms with van der Waals surface area (Å²) in [5.41, 5.74) is 0.244. The Bertz CT molecular complexity index is 170. The third-order valence-electron chi connectivity index (χ3n) is 2.31. The van der Waals surface area contributed by atoms with Crippen molar-refractivity contribution in [2.45, 2.75) is 45.2 Å². The number of likely N-dealkylation sites (tertiary alicyclic amines) is 1. The van der Waals surface area contributed by atoms with Gasteiger partial charge in [-0.15, -0.1) is 6.42 Å². The summed E-state index contributed by atoms with van der Waals surface area (Å²) in [5, 5.41) is 0. The first-order valence-electron chi connectivity index (χ1n) is 4.28. The number of nitrogens with zero attached hydrogens (tertiary/aromatic N) is 1. The summed E-state index contributed by atoms with van der Waals surface area (Å²) in [6, 6.07) is 0.384. The van der Waals surface area contributed by atoms with E-state index in [1.807, 2.05) is 0 Å². The number of rotatable bonds is 0. The van der Waals surface area contributed by atoms with E-state index in [4.69, 9.17) is 6.42 Å². The van der Waals surface area contributed by atoms with E-state index in [1.165, 1.54) is 19.4 Å². The van der Waals surface area contributed by atoms with Crippen LogP contribution in [0, 0.1) is 12.3 Å². The van der Waals surface area contributed by atoms with Gasteiger partial charge in [-0.1, -0.05) is 5.92 Å². The number of hydrogen-bond acceptors (Lipinski definition) is 1. The minimum Gasteiger partial charge on any atom is -0.285 e. The van der Waals surface area contributed by atoms with E-state index in [2.05, 4.69) is 31.6 Å². The molecule has 1 nitrogen and oxygen atoms in total. The summed E-state index contributed by atoms with van der Waals surface area (Å²) in [4.78, 5) is 2.41. The highest BCUT2D eigenvalue weighted by molar-refractivity contribution is 5.05. The van der Waals surface area contributed by atoms with Gasteiger partial charge >= 0.3 is 0 Å². The second-order valence-electron chi connectivity index (χ2n) is 4.19. The largest absolute Gasteiger partial charge is 0.285 e. The van der Waals surface area contributed by atoms with Crippen LogP contribution in [0.4, 0.5) is 0 Å². The molecule has 1 saturated heterocycles. The molecule has 0 N–H and O–H groups in total. The highest BCUT2D eigenvalue weighted by atomic mass is 15.2. The van der Waals surface area contributed by atoms with Crippen LogP contribution in [-0.4, -0.2) is 23.0 Å². The van der Waals surface area contributed by atoms with Crippen molar-refractivity contribution in [1.29, 1.82) is 0 Å². The molecule has 1 aliphatic heterocycles. The van der Waals surface area contributed by atoms with Gasteiger partial charge in [-0.05, 0) is 40.2 Å². The van der Waals surface area contributed by atoms with Crippen LogP contribution < -0.4 is 0 Å². The first-order valence-corrected chi connectivity index (χ1v) is 4.28. The first-order chi connectivity index (χ1) is 5.05. The average molecular weight is 151 g/mol. The van der Waals surface area contributed by atoms with Crippen LogP contribution in [0.2, 0.25) is 0 Å². The monoisotopic (exact) mass is 151 g/mol. The molecule has 11 heavy (non-hydrogen) atoms. The van der Waals surface area contributed by atoms with Crippen LogP contribution in [0.5, 0.6) is 0 Å². The molecule has 0 saturated carbocycles. The van der Waals surface area contributed by atoms with Crippen molar-refractivity contribution in [2.75, 3.05) is 6.54 Å². The Balaban J connectivity index is 2.66. The molecular formula is C10H17N. The second kappa shape index (κ2) is 2.87. The minimum atomic E-state index is 0.244. The summed E-state index contributed by atoms with van der Waals surface area (Å²) in [5.74, 6) is 2.85. The summed E-state index contributed by atoms with van der Waals surface area (Å²) in [6.07, 6.45) is 7.86. The third-order valence-corrected chi connectivity index (χ3v) is 2.31. The van der Waals surface area contributed by atoms with Gasteiger partial charge in [-0.2, -0.15) is 0 Å². The van der Waals surface area contributed by atoms with E-state index in [0.717, 1.165) is 0 Å². The molecule has 1 aliphatic rings. The fraction of sp³-hybridized carbons (Fsp3) is 0.800. The highest BCUT2D eigenvalue weighted by Gasteiger charge is 2.31. The number of terminal acetylenes is 1. The van der Waals surface area contributed by atoms with E-state index in [0.29, 0.717) is 6.04 Å². The first kappa shape index (κ1) is 8.62. The Hall–Kier alpha value is -0.480. The van der Waals surface area contributed by atoms with E-state index < -0.39 is 0 Å². The standard InChI is InChI=1S/C10H17N/c1-5-9-7-6-8-11(9)10(2,3)4/h1,9H,6-8H2,2-4H3/t9-/m0/s1. The summed E-state index contributed by atoms with van der Waals surface area (Å²) >= 11 is 0. The van der Waals surface area contributed by atoms with Crippen LogP contribution in [0.1, 0.15) is 33.6 Å². The maximum Gasteiger partial charge on any atom is 0.0716 e. The maximum atomic E-state index is 5.43. The smallest absolute Gasteiger partial charge is 0.0716 e. The van der Waals surface area contributed by atoms with Crippen molar-refractivity contribution in [1.82, 2.24) is 4.90 Å². The summed E-state index contributed by atoms with van der Waals surface area (Å²) < 4.78 is 0. The van der Waals surface area contributed by atoms with Gasteiger partial charge in [0, 0.05) is 5.54 Å². The van der Waals surface area contributed by atoms with Crippen molar-refractivity contribution < 1.29 is 0 Å². The molecule has 1 heterocycles. The fourth-order valence-electron chi connectivity index (χ4n) is 1.74. The molecule has 1 rings (SSSR count). The van der Waals surface area contributed by atoms with E-state index in [9.17, 15) is 0 Å². The molecule has 0 aromatic heterocycles. The zero-order valence-electron chi connectivity index (χ0n) is 7.72. The van der Waals surface area contributed by atoms with E-state index in [1.54, 1.807) is 0 Å². The zero-order chi connectivity index (χ0) is 8.48. The number of hydrogen-bond donors (Lipinski definition) is 0. The topological polar surface area (TPSA) is 3.24 Å². The Morgan fingerprint density at radius 2 is 2.09 bits per heavy atom. The summed E-state index contributed by atoms with van der Waals surface area (Å²) in [7, 11) is 0. The lowest BCUT2D eigenvalue weighted by molar-refractivity contribution is 0.147. The Morgan fingerprint density at radius 3 is 2.45 bits per heavy atom. The maximum absolute atomic E-state index is 5.43. The van der Waals surface area contributed by atoms with Crippen molar-refractivity contribution in [2.24, 2.45) is 0 Å². The molecule has 0 aromatic carbocycles. The van der Waals surface area contributed by atoms with Crippen LogP contribution in [0.3, 0.4) is 0 Å². The Labute approximate surface area is 69.8 Å². The van der Waals surface area contributed by atoms with Gasteiger partial charge in [0.25, 0.3) is 0 Å². The molecule has 0 aromatic rings. The van der Waals surface area contributed by atoms with Crippen molar-refractivity contribution in [3.05, 3.63) is 0 Å². The van der Waals surface area contributed by atoms with Gasteiger partial charge < -0.3 is 0 Å². The van der Waals surface area contributed by atoms with Gasteiger partial charge in [0.2, 0.25) is 0 Å². The van der Waals surface area contributed by atoms with Gasteiger partial charge in [0.15, 0.2) is 0 Å². The molecule has 0 radical (unpaired) electrons. The molecular weight excluding hydrogens is 134 g/mol. The van der Waals surface area contributed by atoms with Gasteiger partial charge in [-0.25, -0.2) is 0 Å². The van der Waals surface area contributed by atoms with Crippen LogP contribution in [0.25, 0.3) is 0 Å². The molecule has 1 atom stereocenters. The van der Waals surface area contributed by atoms with Gasteiger partial charge in [0.05, 0.1) is 6.04 Å². The lowest BCUT2D eigenvalue weighted by Crippen LogP contribution is -2.43. The Morgan fingerprint density at radius 1 is 1.45 bits per heavy atom. The summed E-state index contributed by atoms with van der Waals surface area (Å²) in [6.45, 7) is 7.84. The SMILES string of the molecule is C#C[C@H]1CCCN1C(C)(C)C. The van der Waals surface area contributed by atoms with Gasteiger partial charge in [-0.3, -0.25) is 4.90 Å². The highest BCUT2D eigenvalue weighted by Crippen LogP contribution is 2.25. The molecule has 0 unspecified atom stereocenters.